The molecule has 7 nitrogen and oxygen atoms in total. The van der Waals surface area contributed by atoms with Crippen LogP contribution >= 0.6 is 11.8 Å². The highest BCUT2D eigenvalue weighted by atomic mass is 32.2. The Balaban J connectivity index is 1.83. The van der Waals surface area contributed by atoms with Crippen molar-refractivity contribution >= 4 is 35.2 Å². The molecular formula is C16H18N2O5S. The largest absolute Gasteiger partial charge is 0.481 e. The summed E-state index contributed by atoms with van der Waals surface area (Å²) in [5.74, 6) is -1.30. The van der Waals surface area contributed by atoms with Gasteiger partial charge in [0.15, 0.2) is 0 Å². The fourth-order valence-corrected chi connectivity index (χ4v) is 3.73. The molecule has 3 rings (SSSR count). The molecule has 1 aromatic carbocycles. The first-order chi connectivity index (χ1) is 11.5. The molecule has 0 spiro atoms. The third kappa shape index (κ3) is 3.39. The Bertz CT molecular complexity index is 693. The number of carboxylic acid groups (broad SMARTS) is 1. The summed E-state index contributed by atoms with van der Waals surface area (Å²) in [6.45, 7) is 2.78. The van der Waals surface area contributed by atoms with E-state index in [9.17, 15) is 14.4 Å². The maximum Gasteiger partial charge on any atom is 0.305 e. The molecule has 1 aromatic rings. The van der Waals surface area contributed by atoms with Gasteiger partial charge in [-0.2, -0.15) is 0 Å². The first-order valence-corrected chi connectivity index (χ1v) is 8.55. The van der Waals surface area contributed by atoms with Gasteiger partial charge in [0.2, 0.25) is 5.91 Å². The van der Waals surface area contributed by atoms with Crippen molar-refractivity contribution in [2.45, 2.75) is 29.5 Å². The number of hydrogen-bond acceptors (Lipinski definition) is 5. The normalized spacial score (nSPS) is 23.4. The van der Waals surface area contributed by atoms with Gasteiger partial charge in [0.1, 0.15) is 0 Å². The van der Waals surface area contributed by atoms with E-state index in [1.54, 1.807) is 17.0 Å². The molecule has 2 amide bonds. The fraction of sp³-hybridized carbons (Fsp3) is 0.438. The molecular weight excluding hydrogens is 332 g/mol. The lowest BCUT2D eigenvalue weighted by atomic mass is 10.1. The van der Waals surface area contributed by atoms with E-state index in [0.29, 0.717) is 24.4 Å². The number of carbonyl (C=O) groups is 3. The topological polar surface area (TPSA) is 95.9 Å². The van der Waals surface area contributed by atoms with Crippen molar-refractivity contribution in [2.24, 2.45) is 0 Å². The second-order valence-electron chi connectivity index (χ2n) is 5.79. The predicted molar refractivity (Wildman–Crippen MR) is 88.3 cm³/mol. The molecule has 2 heterocycles. The predicted octanol–water partition coefficient (Wildman–Crippen LogP) is 1.43. The quantitative estimate of drug-likeness (QED) is 0.856. The van der Waals surface area contributed by atoms with E-state index < -0.39 is 12.0 Å². The summed E-state index contributed by atoms with van der Waals surface area (Å²) in [5.41, 5.74) is 1.05. The molecule has 1 fully saturated rings. The Morgan fingerprint density at radius 3 is 3.00 bits per heavy atom. The molecule has 24 heavy (non-hydrogen) atoms. The third-order valence-corrected chi connectivity index (χ3v) is 5.23. The Morgan fingerprint density at radius 1 is 1.46 bits per heavy atom. The first kappa shape index (κ1) is 16.8. The smallest absolute Gasteiger partial charge is 0.305 e. The fourth-order valence-electron chi connectivity index (χ4n) is 2.80. The lowest BCUT2D eigenvalue weighted by Gasteiger charge is -2.35. The number of benzene rings is 1. The van der Waals surface area contributed by atoms with E-state index in [0.717, 1.165) is 4.90 Å². The monoisotopic (exact) mass is 350 g/mol. The summed E-state index contributed by atoms with van der Waals surface area (Å²) in [5, 5.41) is 11.6. The number of thioether (sulfide) groups is 1. The summed E-state index contributed by atoms with van der Waals surface area (Å²) >= 11 is 1.45. The SMILES string of the molecule is CC1Sc2ccc(C(=O)N3CCOCC3CC(=O)O)cc2NC1=O. The molecule has 0 radical (unpaired) electrons. The zero-order valence-electron chi connectivity index (χ0n) is 13.2. The number of anilines is 1. The Labute approximate surface area is 143 Å². The van der Waals surface area contributed by atoms with Crippen LogP contribution in [0.1, 0.15) is 23.7 Å². The van der Waals surface area contributed by atoms with Gasteiger partial charge in [-0.05, 0) is 25.1 Å². The van der Waals surface area contributed by atoms with Crippen LogP contribution in [0.25, 0.3) is 0 Å². The van der Waals surface area contributed by atoms with Crippen molar-refractivity contribution in [1.29, 1.82) is 0 Å². The second-order valence-corrected chi connectivity index (χ2v) is 7.17. The molecule has 0 bridgehead atoms. The van der Waals surface area contributed by atoms with Crippen LogP contribution in [-0.4, -0.2) is 58.8 Å². The van der Waals surface area contributed by atoms with Crippen LogP contribution < -0.4 is 5.32 Å². The average Bonchev–Trinajstić information content (AvgIpc) is 2.55. The number of fused-ring (bicyclic) bond motifs is 1. The highest BCUT2D eigenvalue weighted by Gasteiger charge is 2.31. The maximum atomic E-state index is 12.8. The number of amides is 2. The van der Waals surface area contributed by atoms with E-state index >= 15 is 0 Å². The van der Waals surface area contributed by atoms with Gasteiger partial charge in [-0.3, -0.25) is 14.4 Å². The standard InChI is InChI=1S/C16H18N2O5S/c1-9-15(21)17-12-6-10(2-3-13(12)24-9)16(22)18-4-5-23-8-11(18)7-14(19)20/h2-3,6,9,11H,4-5,7-8H2,1H3,(H,17,21)(H,19,20). The maximum absolute atomic E-state index is 12.8. The highest BCUT2D eigenvalue weighted by Crippen LogP contribution is 2.36. The van der Waals surface area contributed by atoms with E-state index in [-0.39, 0.29) is 30.1 Å². The van der Waals surface area contributed by atoms with Crippen LogP contribution in [0.3, 0.4) is 0 Å². The summed E-state index contributed by atoms with van der Waals surface area (Å²) in [6, 6.07) is 4.70. The molecule has 8 heteroatoms. The molecule has 2 aliphatic heterocycles. The molecule has 1 saturated heterocycles. The van der Waals surface area contributed by atoms with Gasteiger partial charge in [0, 0.05) is 17.0 Å². The summed E-state index contributed by atoms with van der Waals surface area (Å²) in [6.07, 6.45) is -0.152. The summed E-state index contributed by atoms with van der Waals surface area (Å²) in [7, 11) is 0. The summed E-state index contributed by atoms with van der Waals surface area (Å²) < 4.78 is 5.30. The lowest BCUT2D eigenvalue weighted by molar-refractivity contribution is -0.139. The minimum Gasteiger partial charge on any atom is -0.481 e. The number of nitrogens with zero attached hydrogens (tertiary/aromatic N) is 1. The van der Waals surface area contributed by atoms with Gasteiger partial charge in [-0.15, -0.1) is 11.8 Å². The van der Waals surface area contributed by atoms with Gasteiger partial charge < -0.3 is 20.1 Å². The number of rotatable bonds is 3. The number of aliphatic carboxylic acids is 1. The van der Waals surface area contributed by atoms with Crippen molar-refractivity contribution < 1.29 is 24.2 Å². The molecule has 2 atom stereocenters. The highest BCUT2D eigenvalue weighted by molar-refractivity contribution is 8.00. The Hall–Kier alpha value is -2.06. The number of ether oxygens (including phenoxy) is 1. The number of carboxylic acids is 1. The minimum absolute atomic E-state index is 0.0905. The third-order valence-electron chi connectivity index (χ3n) is 4.06. The van der Waals surface area contributed by atoms with Crippen LogP contribution in [-0.2, 0) is 14.3 Å². The van der Waals surface area contributed by atoms with Crippen LogP contribution in [0.15, 0.2) is 23.1 Å². The van der Waals surface area contributed by atoms with Gasteiger partial charge >= 0.3 is 5.97 Å². The van der Waals surface area contributed by atoms with Crippen LogP contribution in [0.4, 0.5) is 5.69 Å². The number of morpholine rings is 1. The van der Waals surface area contributed by atoms with Gasteiger partial charge in [0.25, 0.3) is 5.91 Å². The molecule has 2 N–H and O–H groups in total. The Morgan fingerprint density at radius 2 is 2.25 bits per heavy atom. The van der Waals surface area contributed by atoms with Crippen LogP contribution in [0, 0.1) is 0 Å². The van der Waals surface area contributed by atoms with E-state index in [1.807, 2.05) is 13.0 Å². The average molecular weight is 350 g/mol. The lowest BCUT2D eigenvalue weighted by Crippen LogP contribution is -2.49. The molecule has 0 saturated carbocycles. The molecule has 0 aliphatic carbocycles. The van der Waals surface area contributed by atoms with E-state index in [4.69, 9.17) is 9.84 Å². The zero-order chi connectivity index (χ0) is 17.3. The van der Waals surface area contributed by atoms with Gasteiger partial charge in [-0.25, -0.2) is 0 Å². The number of carbonyl (C=O) groups excluding carboxylic acids is 2. The van der Waals surface area contributed by atoms with E-state index in [1.165, 1.54) is 11.8 Å². The zero-order valence-corrected chi connectivity index (χ0v) is 14.0. The van der Waals surface area contributed by atoms with Gasteiger partial charge in [0.05, 0.1) is 36.6 Å². The van der Waals surface area contributed by atoms with Crippen molar-refractivity contribution in [3.05, 3.63) is 23.8 Å². The van der Waals surface area contributed by atoms with Crippen molar-refractivity contribution in [2.75, 3.05) is 25.1 Å². The van der Waals surface area contributed by atoms with Crippen LogP contribution in [0.5, 0.6) is 0 Å². The Kier molecular flexibility index (Phi) is 4.77. The van der Waals surface area contributed by atoms with Gasteiger partial charge in [-0.1, -0.05) is 0 Å². The summed E-state index contributed by atoms with van der Waals surface area (Å²) in [4.78, 5) is 38.0. The number of nitrogens with one attached hydrogen (secondary N) is 1. The molecule has 0 aromatic heterocycles. The van der Waals surface area contributed by atoms with E-state index in [2.05, 4.69) is 5.32 Å². The molecule has 128 valence electrons. The number of hydrogen-bond donors (Lipinski definition) is 2. The van der Waals surface area contributed by atoms with Crippen LogP contribution in [0.2, 0.25) is 0 Å². The van der Waals surface area contributed by atoms with Crippen molar-refractivity contribution in [1.82, 2.24) is 4.90 Å². The minimum atomic E-state index is -0.966. The first-order valence-electron chi connectivity index (χ1n) is 7.68. The van der Waals surface area contributed by atoms with Crippen molar-refractivity contribution in [3.63, 3.8) is 0 Å². The van der Waals surface area contributed by atoms with Crippen molar-refractivity contribution in [3.8, 4) is 0 Å². The molecule has 2 aliphatic rings. The molecule has 2 unspecified atom stereocenters. The second kappa shape index (κ2) is 6.82.